The highest BCUT2D eigenvalue weighted by Gasteiger charge is 2.74. The molecule has 6 nitrogen and oxygen atoms in total. The van der Waals surface area contributed by atoms with Gasteiger partial charge >= 0.3 is 30.2 Å². The summed E-state index contributed by atoms with van der Waals surface area (Å²) in [6, 6.07) is 2.43. The first kappa shape index (κ1) is 34.5. The summed E-state index contributed by atoms with van der Waals surface area (Å²) >= 11 is 0. The fourth-order valence-electron chi connectivity index (χ4n) is 8.42. The van der Waals surface area contributed by atoms with Crippen molar-refractivity contribution in [3.8, 4) is 0 Å². The average molecular weight is 716 g/mol. The normalized spacial score (nSPS) is 29.1. The summed E-state index contributed by atoms with van der Waals surface area (Å²) in [7, 11) is -4.82. The Balaban J connectivity index is 1.42. The molecule has 1 amide bonds. The van der Waals surface area contributed by atoms with Crippen LogP contribution < -0.4 is 0 Å². The van der Waals surface area contributed by atoms with Gasteiger partial charge in [0.05, 0.1) is 22.4 Å². The zero-order valence-electron chi connectivity index (χ0n) is 24.6. The molecule has 2 saturated carbocycles. The van der Waals surface area contributed by atoms with E-state index < -0.39 is 91.0 Å². The van der Waals surface area contributed by atoms with Crippen molar-refractivity contribution in [1.82, 2.24) is 4.90 Å². The molecule has 1 heterocycles. The summed E-state index contributed by atoms with van der Waals surface area (Å²) in [5.41, 5.74) is -9.71. The molecule has 2 aromatic rings. The Morgan fingerprint density at radius 3 is 1.85 bits per heavy atom. The van der Waals surface area contributed by atoms with Gasteiger partial charge < -0.3 is 10.0 Å². The van der Waals surface area contributed by atoms with Crippen molar-refractivity contribution in [2.75, 3.05) is 6.54 Å². The highest BCUT2D eigenvalue weighted by Crippen LogP contribution is 2.63. The quantitative estimate of drug-likeness (QED) is 0.334. The van der Waals surface area contributed by atoms with Gasteiger partial charge in [0, 0.05) is 18.0 Å². The van der Waals surface area contributed by atoms with E-state index in [1.807, 2.05) is 0 Å². The maximum absolute atomic E-state index is 15.0. The number of aryl methyl sites for hydroxylation is 1. The number of hydrogen-bond donors (Lipinski definition) is 1. The lowest BCUT2D eigenvalue weighted by Crippen LogP contribution is -2.57. The first-order chi connectivity index (χ1) is 22.0. The summed E-state index contributed by atoms with van der Waals surface area (Å²) in [4.78, 5) is 25.7. The van der Waals surface area contributed by atoms with Crippen LogP contribution in [0, 0.1) is 17.3 Å². The Morgan fingerprint density at radius 2 is 1.33 bits per heavy atom. The zero-order valence-corrected chi connectivity index (χ0v) is 25.5. The van der Waals surface area contributed by atoms with Gasteiger partial charge in [-0.15, -0.1) is 0 Å². The van der Waals surface area contributed by atoms with Crippen LogP contribution in [-0.2, 0) is 42.4 Å². The smallest absolute Gasteiger partial charge is 0.435 e. The zero-order chi connectivity index (χ0) is 35.5. The average Bonchev–Trinajstić information content (AvgIpc) is 3.35. The Kier molecular flexibility index (Phi) is 7.59. The molecular formula is C31H27F10NO5S. The summed E-state index contributed by atoms with van der Waals surface area (Å²) in [5, 5.41) is 9.22. The van der Waals surface area contributed by atoms with Gasteiger partial charge in [-0.3, -0.25) is 9.59 Å². The van der Waals surface area contributed by atoms with Gasteiger partial charge in [-0.05, 0) is 85.8 Å². The molecule has 1 spiro atoms. The number of fused-ring (bicyclic) bond motifs is 3. The van der Waals surface area contributed by atoms with Gasteiger partial charge in [-0.1, -0.05) is 18.2 Å². The highest BCUT2D eigenvalue weighted by molar-refractivity contribution is 7.92. The van der Waals surface area contributed by atoms with Crippen LogP contribution in [0.15, 0.2) is 47.4 Å². The van der Waals surface area contributed by atoms with E-state index in [1.165, 1.54) is 4.90 Å². The molecule has 6 rings (SSSR count). The van der Waals surface area contributed by atoms with Crippen molar-refractivity contribution >= 4 is 21.7 Å². The number of benzene rings is 2. The summed E-state index contributed by atoms with van der Waals surface area (Å²) in [6.45, 7) is -0.204. The van der Waals surface area contributed by atoms with Crippen LogP contribution >= 0.6 is 0 Å². The Hall–Kier alpha value is -3.37. The molecule has 0 aromatic heterocycles. The molecular weight excluding hydrogens is 688 g/mol. The third-order valence-corrected chi connectivity index (χ3v) is 13.3. The summed E-state index contributed by atoms with van der Waals surface area (Å²) in [6.07, 6.45) is -17.2. The molecule has 2 unspecified atom stereocenters. The van der Waals surface area contributed by atoms with Gasteiger partial charge in [0.15, 0.2) is 9.84 Å². The number of nitrogens with zero attached hydrogens (tertiary/aromatic N) is 1. The molecule has 1 N–H and O–H groups in total. The van der Waals surface area contributed by atoms with Crippen molar-refractivity contribution < 1.29 is 67.0 Å². The van der Waals surface area contributed by atoms with Crippen LogP contribution in [0.5, 0.6) is 0 Å². The maximum atomic E-state index is 15.0. The first-order valence-corrected chi connectivity index (χ1v) is 16.4. The van der Waals surface area contributed by atoms with Gasteiger partial charge in [0.2, 0.25) is 5.91 Å². The molecule has 0 bridgehead atoms. The van der Waals surface area contributed by atoms with Crippen LogP contribution in [-0.4, -0.2) is 55.2 Å². The van der Waals surface area contributed by atoms with Crippen LogP contribution in [0.25, 0.3) is 0 Å². The molecule has 2 atom stereocenters. The number of amides is 1. The number of carboxylic acid groups (broad SMARTS) is 1. The minimum Gasteiger partial charge on any atom is -0.481 e. The number of carbonyl (C=O) groups is 2. The minimum atomic E-state index is -6.43. The molecule has 2 aromatic carbocycles. The molecule has 3 fully saturated rings. The van der Waals surface area contributed by atoms with Crippen LogP contribution in [0.2, 0.25) is 0 Å². The summed E-state index contributed by atoms with van der Waals surface area (Å²) < 4.78 is 163. The number of likely N-dealkylation sites (tertiary alicyclic amines) is 1. The number of halogens is 10. The van der Waals surface area contributed by atoms with Crippen molar-refractivity contribution in [2.24, 2.45) is 17.3 Å². The first-order valence-electron chi connectivity index (χ1n) is 14.9. The van der Waals surface area contributed by atoms with Gasteiger partial charge in [0.1, 0.15) is 4.75 Å². The van der Waals surface area contributed by atoms with Crippen LogP contribution in [0.3, 0.4) is 0 Å². The predicted molar refractivity (Wildman–Crippen MR) is 146 cm³/mol. The number of hydrogen-bond acceptors (Lipinski definition) is 4. The molecule has 17 heteroatoms. The van der Waals surface area contributed by atoms with E-state index in [4.69, 9.17) is 0 Å². The standard InChI is InChI=1S/C31H27F10NO5S/c32-28(30(36,37)38,31(39,40)41)20-4-7-22-16(11-20)1-8-23-27(22,48(46,47)21-5-2-19(3-6-21)29(33,34)35)9-10-42(23)24(43)17-12-26(13-17)14-18(15-26)25(44)45/h2-7,11,17-18,23H,1,8-10,12-15H2,(H,44,45). The third kappa shape index (κ3) is 4.83. The molecule has 1 aliphatic heterocycles. The number of carbonyl (C=O) groups excluding carboxylic acids is 1. The number of carboxylic acids is 1. The van der Waals surface area contributed by atoms with E-state index in [1.54, 1.807) is 0 Å². The highest BCUT2D eigenvalue weighted by atomic mass is 32.2. The SMILES string of the molecule is O=C(O)C1CC2(C1)CC(C(=O)N1CCC3(S(=O)(=O)c4ccc(C(F)(F)F)cc4)c4ccc(C(F)(C(F)(F)F)C(F)(F)F)cc4CCC13)C2. The molecule has 4 aliphatic rings. The van der Waals surface area contributed by atoms with Crippen LogP contribution in [0.1, 0.15) is 60.8 Å². The van der Waals surface area contributed by atoms with Crippen molar-refractivity contribution in [3.05, 3.63) is 64.7 Å². The van der Waals surface area contributed by atoms with E-state index in [0.29, 0.717) is 62.1 Å². The topological polar surface area (TPSA) is 91.8 Å². The molecule has 48 heavy (non-hydrogen) atoms. The largest absolute Gasteiger partial charge is 0.481 e. The molecule has 3 aliphatic carbocycles. The van der Waals surface area contributed by atoms with Crippen molar-refractivity contribution in [1.29, 1.82) is 0 Å². The maximum Gasteiger partial charge on any atom is 0.435 e. The van der Waals surface area contributed by atoms with Gasteiger partial charge in [0.25, 0.3) is 0 Å². The van der Waals surface area contributed by atoms with Gasteiger partial charge in [-0.2, -0.15) is 39.5 Å². The van der Waals surface area contributed by atoms with E-state index in [-0.39, 0.29) is 42.0 Å². The lowest BCUT2D eigenvalue weighted by Gasteiger charge is -2.57. The lowest BCUT2D eigenvalue weighted by molar-refractivity contribution is -0.348. The Labute approximate surface area is 267 Å². The molecule has 0 radical (unpaired) electrons. The number of sulfone groups is 1. The fourth-order valence-corrected chi connectivity index (χ4v) is 10.8. The number of rotatable bonds is 5. The lowest BCUT2D eigenvalue weighted by atomic mass is 9.48. The van der Waals surface area contributed by atoms with Crippen LogP contribution in [0.4, 0.5) is 43.9 Å². The third-order valence-electron chi connectivity index (χ3n) is 10.7. The van der Waals surface area contributed by atoms with E-state index in [2.05, 4.69) is 0 Å². The second-order valence-electron chi connectivity index (χ2n) is 13.3. The molecule has 262 valence electrons. The van der Waals surface area contributed by atoms with E-state index in [0.717, 1.165) is 0 Å². The van der Waals surface area contributed by atoms with E-state index >= 15 is 4.39 Å². The summed E-state index contributed by atoms with van der Waals surface area (Å²) in [5.74, 6) is -2.52. The van der Waals surface area contributed by atoms with Gasteiger partial charge in [-0.25, -0.2) is 12.8 Å². The monoisotopic (exact) mass is 715 g/mol. The fraction of sp³-hybridized carbons (Fsp3) is 0.548. The van der Waals surface area contributed by atoms with E-state index in [9.17, 15) is 62.6 Å². The Bertz CT molecular complexity index is 1740. The Morgan fingerprint density at radius 1 is 0.792 bits per heavy atom. The van der Waals surface area contributed by atoms with Crippen molar-refractivity contribution in [2.45, 2.75) is 84.8 Å². The second kappa shape index (κ2) is 10.6. The number of alkyl halides is 10. The minimum absolute atomic E-state index is 0.204. The van der Waals surface area contributed by atoms with Crippen molar-refractivity contribution in [3.63, 3.8) is 0 Å². The molecule has 1 saturated heterocycles. The second-order valence-corrected chi connectivity index (χ2v) is 15.5. The predicted octanol–water partition coefficient (Wildman–Crippen LogP) is 7.10. The number of aliphatic carboxylic acids is 1.